The van der Waals surface area contributed by atoms with Gasteiger partial charge in [-0.25, -0.2) is 0 Å². The lowest BCUT2D eigenvalue weighted by molar-refractivity contribution is 0.0493. The molecule has 5 nitrogen and oxygen atoms in total. The molecule has 2 aliphatic heterocycles. The Morgan fingerprint density at radius 2 is 1.56 bits per heavy atom. The van der Waals surface area contributed by atoms with Crippen molar-refractivity contribution in [2.24, 2.45) is 11.8 Å². The molecule has 0 unspecified atom stereocenters. The van der Waals surface area contributed by atoms with Gasteiger partial charge >= 0.3 is 0 Å². The van der Waals surface area contributed by atoms with Crippen molar-refractivity contribution >= 4 is 11.6 Å². The second-order valence-electron chi connectivity index (χ2n) is 10.9. The van der Waals surface area contributed by atoms with E-state index in [9.17, 15) is 9.90 Å². The van der Waals surface area contributed by atoms with E-state index >= 15 is 0 Å². The minimum absolute atomic E-state index is 0.0510. The highest BCUT2D eigenvalue weighted by atomic mass is 16.3. The van der Waals surface area contributed by atoms with Crippen molar-refractivity contribution in [3.05, 3.63) is 64.7 Å². The van der Waals surface area contributed by atoms with Crippen molar-refractivity contribution in [3.8, 4) is 0 Å². The molecule has 1 amide bonds. The van der Waals surface area contributed by atoms with E-state index < -0.39 is 6.10 Å². The Hall–Kier alpha value is -2.37. The summed E-state index contributed by atoms with van der Waals surface area (Å²) in [7, 11) is 0. The van der Waals surface area contributed by atoms with Crippen LogP contribution in [-0.2, 0) is 19.4 Å². The lowest BCUT2D eigenvalue weighted by atomic mass is 9.97. The highest BCUT2D eigenvalue weighted by molar-refractivity contribution is 5.97. The van der Waals surface area contributed by atoms with Crippen LogP contribution in [0.1, 0.15) is 54.7 Å². The van der Waals surface area contributed by atoms with Gasteiger partial charge in [0.2, 0.25) is 0 Å². The van der Waals surface area contributed by atoms with Crippen LogP contribution in [-0.4, -0.2) is 66.2 Å². The lowest BCUT2D eigenvalue weighted by Gasteiger charge is -2.34. The molecule has 0 aliphatic carbocycles. The molecule has 1 N–H and O–H groups in total. The van der Waals surface area contributed by atoms with Crippen molar-refractivity contribution in [1.82, 2.24) is 9.80 Å². The molecule has 2 aliphatic rings. The number of aliphatic hydroxyl groups is 1. The van der Waals surface area contributed by atoms with Crippen LogP contribution >= 0.6 is 0 Å². The maximum Gasteiger partial charge on any atom is 0.254 e. The van der Waals surface area contributed by atoms with Gasteiger partial charge in [-0.3, -0.25) is 9.69 Å². The van der Waals surface area contributed by atoms with Crippen LogP contribution in [0.3, 0.4) is 0 Å². The third-order valence-electron chi connectivity index (χ3n) is 6.90. The SMILES string of the molecule is CC(C)CN(CC(C)C)c1ccc2c(c1)CCN(C[C@H](O)CN1CCc3ccccc3C1)C2=O. The van der Waals surface area contributed by atoms with Crippen LogP contribution in [0.4, 0.5) is 5.69 Å². The summed E-state index contributed by atoms with van der Waals surface area (Å²) in [5, 5.41) is 10.8. The number of rotatable bonds is 9. The minimum atomic E-state index is -0.539. The fraction of sp³-hybridized carbons (Fsp3) is 0.552. The summed E-state index contributed by atoms with van der Waals surface area (Å²) in [6.45, 7) is 14.5. The van der Waals surface area contributed by atoms with Gasteiger partial charge in [0, 0.05) is 57.1 Å². The molecule has 0 bridgehead atoms. The molecule has 184 valence electrons. The molecule has 0 radical (unpaired) electrons. The first-order valence-corrected chi connectivity index (χ1v) is 12.9. The Bertz CT molecular complexity index is 977. The monoisotopic (exact) mass is 463 g/mol. The van der Waals surface area contributed by atoms with E-state index in [0.717, 1.165) is 50.1 Å². The van der Waals surface area contributed by atoms with Crippen LogP contribution in [0.2, 0.25) is 0 Å². The summed E-state index contributed by atoms with van der Waals surface area (Å²) < 4.78 is 0. The van der Waals surface area contributed by atoms with Crippen molar-refractivity contribution in [2.75, 3.05) is 44.2 Å². The fourth-order valence-corrected chi connectivity index (χ4v) is 5.38. The molecular formula is C29H41N3O2. The average Bonchev–Trinajstić information content (AvgIpc) is 2.79. The maximum absolute atomic E-state index is 13.2. The third kappa shape index (κ3) is 6.00. The quantitative estimate of drug-likeness (QED) is 0.605. The Labute approximate surface area is 205 Å². The topological polar surface area (TPSA) is 47.0 Å². The number of fused-ring (bicyclic) bond motifs is 2. The molecule has 0 aromatic heterocycles. The number of benzene rings is 2. The van der Waals surface area contributed by atoms with E-state index in [4.69, 9.17) is 0 Å². The summed E-state index contributed by atoms with van der Waals surface area (Å²) in [6, 6.07) is 14.9. The number of hydrogen-bond acceptors (Lipinski definition) is 4. The molecule has 0 saturated heterocycles. The standard InChI is InChI=1S/C29H41N3O2/c1-21(2)16-32(17-22(3)4)26-9-10-28-24(15-26)12-14-31(29(28)34)20-27(33)19-30-13-11-23-7-5-6-8-25(23)18-30/h5-10,15,21-22,27,33H,11-14,16-20H2,1-4H3/t27-/m1/s1. The van der Waals surface area contributed by atoms with E-state index in [2.05, 4.69) is 73.9 Å². The van der Waals surface area contributed by atoms with Crippen molar-refractivity contribution in [3.63, 3.8) is 0 Å². The van der Waals surface area contributed by atoms with Crippen molar-refractivity contribution < 1.29 is 9.90 Å². The van der Waals surface area contributed by atoms with Gasteiger partial charge in [-0.05, 0) is 59.6 Å². The fourth-order valence-electron chi connectivity index (χ4n) is 5.38. The molecule has 5 heteroatoms. The second-order valence-corrected chi connectivity index (χ2v) is 10.9. The predicted molar refractivity (Wildman–Crippen MR) is 139 cm³/mol. The highest BCUT2D eigenvalue weighted by Crippen LogP contribution is 2.26. The number of β-amino-alcohol motifs (C(OH)–C–C–N with tert-alkyl or cyclic N) is 1. The molecule has 2 aromatic rings. The Balaban J connectivity index is 1.37. The van der Waals surface area contributed by atoms with Gasteiger partial charge in [-0.15, -0.1) is 0 Å². The Morgan fingerprint density at radius 1 is 0.882 bits per heavy atom. The first kappa shape index (κ1) is 24.7. The summed E-state index contributed by atoms with van der Waals surface area (Å²) in [5.41, 5.74) is 5.91. The van der Waals surface area contributed by atoms with Gasteiger partial charge in [0.25, 0.3) is 5.91 Å². The number of anilines is 1. The summed E-state index contributed by atoms with van der Waals surface area (Å²) in [4.78, 5) is 19.8. The minimum Gasteiger partial charge on any atom is -0.390 e. The molecule has 0 fully saturated rings. The van der Waals surface area contributed by atoms with Crippen LogP contribution in [0, 0.1) is 11.8 Å². The predicted octanol–water partition coefficient (Wildman–Crippen LogP) is 4.22. The zero-order valence-corrected chi connectivity index (χ0v) is 21.3. The zero-order chi connectivity index (χ0) is 24.2. The van der Waals surface area contributed by atoms with Gasteiger partial charge < -0.3 is 14.9 Å². The molecular weight excluding hydrogens is 422 g/mol. The smallest absolute Gasteiger partial charge is 0.254 e. The first-order valence-electron chi connectivity index (χ1n) is 12.9. The Morgan fingerprint density at radius 3 is 2.26 bits per heavy atom. The van der Waals surface area contributed by atoms with E-state index in [1.807, 2.05) is 11.0 Å². The number of carbonyl (C=O) groups is 1. The number of nitrogens with zero attached hydrogens (tertiary/aromatic N) is 3. The average molecular weight is 464 g/mol. The summed E-state index contributed by atoms with van der Waals surface area (Å²) in [5.74, 6) is 1.22. The van der Waals surface area contributed by atoms with Crippen LogP contribution in [0.5, 0.6) is 0 Å². The Kier molecular flexibility index (Phi) is 7.95. The molecule has 4 rings (SSSR count). The number of aliphatic hydroxyl groups excluding tert-OH is 1. The number of amides is 1. The van der Waals surface area contributed by atoms with Crippen LogP contribution in [0.25, 0.3) is 0 Å². The molecule has 2 aromatic carbocycles. The van der Waals surface area contributed by atoms with Gasteiger partial charge in [0.1, 0.15) is 0 Å². The van der Waals surface area contributed by atoms with Crippen LogP contribution in [0.15, 0.2) is 42.5 Å². The summed E-state index contributed by atoms with van der Waals surface area (Å²) in [6.07, 6.45) is 1.32. The van der Waals surface area contributed by atoms with Gasteiger partial charge in [-0.2, -0.15) is 0 Å². The summed E-state index contributed by atoms with van der Waals surface area (Å²) >= 11 is 0. The molecule has 0 saturated carbocycles. The number of hydrogen-bond donors (Lipinski definition) is 1. The van der Waals surface area contributed by atoms with E-state index in [0.29, 0.717) is 31.5 Å². The molecule has 2 heterocycles. The van der Waals surface area contributed by atoms with Crippen molar-refractivity contribution in [1.29, 1.82) is 0 Å². The second kappa shape index (κ2) is 10.9. The zero-order valence-electron chi connectivity index (χ0n) is 21.3. The molecule has 34 heavy (non-hydrogen) atoms. The number of carbonyl (C=O) groups excluding carboxylic acids is 1. The van der Waals surface area contributed by atoms with Crippen LogP contribution < -0.4 is 4.90 Å². The van der Waals surface area contributed by atoms with E-state index in [-0.39, 0.29) is 5.91 Å². The normalized spacial score (nSPS) is 17.1. The van der Waals surface area contributed by atoms with Gasteiger partial charge in [0.05, 0.1) is 6.10 Å². The molecule has 0 spiro atoms. The first-order chi connectivity index (χ1) is 16.3. The van der Waals surface area contributed by atoms with Gasteiger partial charge in [-0.1, -0.05) is 52.0 Å². The largest absolute Gasteiger partial charge is 0.390 e. The molecule has 1 atom stereocenters. The van der Waals surface area contributed by atoms with Gasteiger partial charge in [0.15, 0.2) is 0 Å². The van der Waals surface area contributed by atoms with E-state index in [1.54, 1.807) is 0 Å². The van der Waals surface area contributed by atoms with Crippen molar-refractivity contribution in [2.45, 2.75) is 53.2 Å². The third-order valence-corrected chi connectivity index (χ3v) is 6.90. The lowest BCUT2D eigenvalue weighted by Crippen LogP contribution is -2.46. The van der Waals surface area contributed by atoms with E-state index in [1.165, 1.54) is 16.8 Å². The highest BCUT2D eigenvalue weighted by Gasteiger charge is 2.28. The maximum atomic E-state index is 13.2.